The van der Waals surface area contributed by atoms with E-state index in [0.717, 1.165) is 12.8 Å². The molecule has 0 saturated heterocycles. The zero-order valence-electron chi connectivity index (χ0n) is 10.5. The summed E-state index contributed by atoms with van der Waals surface area (Å²) in [5, 5.41) is 5.23. The molecule has 98 valence electrons. The smallest absolute Gasteiger partial charge is 0.309 e. The number of hydrogen-bond acceptors (Lipinski definition) is 3. The Morgan fingerprint density at radius 1 is 1.24 bits per heavy atom. The second-order valence-corrected chi connectivity index (χ2v) is 4.70. The highest BCUT2D eigenvalue weighted by Gasteiger charge is 2.23. The molecule has 0 spiro atoms. The summed E-state index contributed by atoms with van der Waals surface area (Å²) in [7, 11) is 0. The summed E-state index contributed by atoms with van der Waals surface area (Å²) in [6.07, 6.45) is 6.03. The molecular formula is C12H23N3O2. The molecule has 1 aliphatic carbocycles. The van der Waals surface area contributed by atoms with Gasteiger partial charge in [0, 0.05) is 19.1 Å². The van der Waals surface area contributed by atoms with E-state index >= 15 is 0 Å². The number of nitrogens with two attached hydrogens (primary N) is 1. The Morgan fingerprint density at radius 3 is 2.47 bits per heavy atom. The van der Waals surface area contributed by atoms with Gasteiger partial charge >= 0.3 is 11.8 Å². The summed E-state index contributed by atoms with van der Waals surface area (Å²) in [5.41, 5.74) is 5.25. The number of rotatable bonds is 4. The van der Waals surface area contributed by atoms with Gasteiger partial charge in [0.1, 0.15) is 0 Å². The Labute approximate surface area is 103 Å². The quantitative estimate of drug-likeness (QED) is 0.612. The number of carbonyl (C=O) groups excluding carboxylic acids is 2. The van der Waals surface area contributed by atoms with Crippen molar-refractivity contribution in [1.82, 2.24) is 10.6 Å². The number of carbonyl (C=O) groups is 2. The van der Waals surface area contributed by atoms with Crippen molar-refractivity contribution < 1.29 is 9.59 Å². The molecule has 0 aromatic rings. The van der Waals surface area contributed by atoms with E-state index in [4.69, 9.17) is 5.73 Å². The number of amides is 2. The molecule has 5 nitrogen and oxygen atoms in total. The highest BCUT2D eigenvalue weighted by Crippen LogP contribution is 2.26. The maximum Gasteiger partial charge on any atom is 0.309 e. The van der Waals surface area contributed by atoms with Gasteiger partial charge in [-0.3, -0.25) is 9.59 Å². The predicted octanol–water partition coefficient (Wildman–Crippen LogP) is 0.146. The molecule has 1 unspecified atom stereocenters. The summed E-state index contributed by atoms with van der Waals surface area (Å²) in [4.78, 5) is 22.9. The summed E-state index contributed by atoms with van der Waals surface area (Å²) in [6.45, 7) is 2.66. The maximum absolute atomic E-state index is 11.5. The lowest BCUT2D eigenvalue weighted by atomic mass is 9.84. The maximum atomic E-state index is 11.5. The van der Waals surface area contributed by atoms with Crippen LogP contribution in [0, 0.1) is 5.92 Å². The molecule has 4 N–H and O–H groups in total. The summed E-state index contributed by atoms with van der Waals surface area (Å²) in [6, 6.07) is 0.0754. The highest BCUT2D eigenvalue weighted by atomic mass is 16.2. The molecule has 1 aliphatic rings. The first-order valence-corrected chi connectivity index (χ1v) is 6.44. The summed E-state index contributed by atoms with van der Waals surface area (Å²) < 4.78 is 0. The van der Waals surface area contributed by atoms with Crippen molar-refractivity contribution in [3.63, 3.8) is 0 Å². The average Bonchev–Trinajstić information content (AvgIpc) is 2.36. The fraction of sp³-hybridized carbons (Fsp3) is 0.833. The lowest BCUT2D eigenvalue weighted by molar-refractivity contribution is -0.139. The van der Waals surface area contributed by atoms with E-state index in [9.17, 15) is 9.59 Å². The molecule has 1 saturated carbocycles. The Morgan fingerprint density at radius 2 is 1.88 bits per heavy atom. The minimum absolute atomic E-state index is 0.0754. The van der Waals surface area contributed by atoms with E-state index in [0.29, 0.717) is 19.0 Å². The van der Waals surface area contributed by atoms with Gasteiger partial charge in [0.15, 0.2) is 0 Å². The molecule has 1 atom stereocenters. The van der Waals surface area contributed by atoms with Crippen molar-refractivity contribution >= 4 is 11.8 Å². The van der Waals surface area contributed by atoms with Crippen LogP contribution >= 0.6 is 0 Å². The largest absolute Gasteiger partial charge is 0.347 e. The fourth-order valence-electron chi connectivity index (χ4n) is 2.29. The van der Waals surface area contributed by atoms with E-state index in [1.165, 1.54) is 19.3 Å². The standard InChI is InChI=1S/C12H23N3O2/c1-9(10-5-3-2-4-6-10)15-12(17)11(16)14-8-7-13/h9-10H,2-8,13H2,1H3,(H,14,16)(H,15,17). The zero-order valence-corrected chi connectivity index (χ0v) is 10.5. The Balaban J connectivity index is 2.31. The third-order valence-corrected chi connectivity index (χ3v) is 3.35. The monoisotopic (exact) mass is 241 g/mol. The second-order valence-electron chi connectivity index (χ2n) is 4.70. The van der Waals surface area contributed by atoms with Gasteiger partial charge in [-0.1, -0.05) is 19.3 Å². The van der Waals surface area contributed by atoms with Crippen LogP contribution in [0.4, 0.5) is 0 Å². The normalized spacial score (nSPS) is 18.5. The van der Waals surface area contributed by atoms with Crippen LogP contribution in [0.15, 0.2) is 0 Å². The molecule has 5 heteroatoms. The highest BCUT2D eigenvalue weighted by molar-refractivity contribution is 6.35. The van der Waals surface area contributed by atoms with Gasteiger partial charge in [-0.25, -0.2) is 0 Å². The lowest BCUT2D eigenvalue weighted by Gasteiger charge is -2.28. The average molecular weight is 241 g/mol. The molecule has 1 fully saturated rings. The van der Waals surface area contributed by atoms with Crippen LogP contribution in [0.2, 0.25) is 0 Å². The van der Waals surface area contributed by atoms with Crippen LogP contribution in [0.3, 0.4) is 0 Å². The molecule has 0 aromatic carbocycles. The van der Waals surface area contributed by atoms with E-state index in [1.54, 1.807) is 0 Å². The van der Waals surface area contributed by atoms with Crippen LogP contribution in [0.1, 0.15) is 39.0 Å². The summed E-state index contributed by atoms with van der Waals surface area (Å²) >= 11 is 0. The van der Waals surface area contributed by atoms with Crippen molar-refractivity contribution in [3.8, 4) is 0 Å². The van der Waals surface area contributed by atoms with Crippen LogP contribution < -0.4 is 16.4 Å². The van der Waals surface area contributed by atoms with Gasteiger partial charge < -0.3 is 16.4 Å². The third kappa shape index (κ3) is 4.73. The van der Waals surface area contributed by atoms with Crippen molar-refractivity contribution in [2.75, 3.05) is 13.1 Å². The van der Waals surface area contributed by atoms with E-state index in [2.05, 4.69) is 10.6 Å². The van der Waals surface area contributed by atoms with Gasteiger partial charge in [-0.15, -0.1) is 0 Å². The molecular weight excluding hydrogens is 218 g/mol. The van der Waals surface area contributed by atoms with Crippen molar-refractivity contribution in [1.29, 1.82) is 0 Å². The van der Waals surface area contributed by atoms with Crippen molar-refractivity contribution in [3.05, 3.63) is 0 Å². The first kappa shape index (κ1) is 14.0. The first-order valence-electron chi connectivity index (χ1n) is 6.44. The van der Waals surface area contributed by atoms with Gasteiger partial charge in [0.2, 0.25) is 0 Å². The van der Waals surface area contributed by atoms with Gasteiger partial charge in [-0.2, -0.15) is 0 Å². The Bertz CT molecular complexity index is 262. The molecule has 0 radical (unpaired) electrons. The molecule has 2 amide bonds. The van der Waals surface area contributed by atoms with Gasteiger partial charge in [-0.05, 0) is 25.7 Å². The van der Waals surface area contributed by atoms with Crippen LogP contribution in [0.25, 0.3) is 0 Å². The molecule has 1 rings (SSSR count). The topological polar surface area (TPSA) is 84.2 Å². The van der Waals surface area contributed by atoms with Gasteiger partial charge in [0.25, 0.3) is 0 Å². The fourth-order valence-corrected chi connectivity index (χ4v) is 2.29. The molecule has 0 aliphatic heterocycles. The van der Waals surface area contributed by atoms with Crippen molar-refractivity contribution in [2.45, 2.75) is 45.1 Å². The van der Waals surface area contributed by atoms with Crippen LogP contribution in [0.5, 0.6) is 0 Å². The van der Waals surface area contributed by atoms with E-state index in [1.807, 2.05) is 6.92 Å². The third-order valence-electron chi connectivity index (χ3n) is 3.35. The van der Waals surface area contributed by atoms with E-state index in [-0.39, 0.29) is 6.04 Å². The van der Waals surface area contributed by atoms with Gasteiger partial charge in [0.05, 0.1) is 0 Å². The molecule has 0 aromatic heterocycles. The predicted molar refractivity (Wildman–Crippen MR) is 66.2 cm³/mol. The van der Waals surface area contributed by atoms with E-state index < -0.39 is 11.8 Å². The Kier molecular flexibility index (Phi) is 5.97. The van der Waals surface area contributed by atoms with Crippen LogP contribution in [-0.4, -0.2) is 30.9 Å². The summed E-state index contributed by atoms with van der Waals surface area (Å²) in [5.74, 6) is -0.621. The molecule has 0 bridgehead atoms. The minimum atomic E-state index is -0.585. The SMILES string of the molecule is CC(NC(=O)C(=O)NCCN)C1CCCCC1. The second kappa shape index (κ2) is 7.27. The minimum Gasteiger partial charge on any atom is -0.347 e. The zero-order chi connectivity index (χ0) is 12.7. The lowest BCUT2D eigenvalue weighted by Crippen LogP contribution is -2.47. The molecule has 0 heterocycles. The van der Waals surface area contributed by atoms with Crippen LogP contribution in [-0.2, 0) is 9.59 Å². The molecule has 17 heavy (non-hydrogen) atoms. The first-order chi connectivity index (χ1) is 8.15. The van der Waals surface area contributed by atoms with Crippen molar-refractivity contribution in [2.24, 2.45) is 11.7 Å². The number of hydrogen-bond donors (Lipinski definition) is 3. The number of nitrogens with one attached hydrogen (secondary N) is 2. The Hall–Kier alpha value is -1.10.